The summed E-state index contributed by atoms with van der Waals surface area (Å²) < 4.78 is 40.1. The molecule has 3 nitrogen and oxygen atoms in total. The topological polar surface area (TPSA) is 38.0 Å². The molecule has 0 spiro atoms. The number of halogens is 3. The van der Waals surface area contributed by atoms with Crippen molar-refractivity contribution in [2.75, 3.05) is 0 Å². The fourth-order valence-electron chi connectivity index (χ4n) is 2.00. The Hall–Kier alpha value is -1.82. The number of para-hydroxylation sites is 1. The van der Waals surface area contributed by atoms with Gasteiger partial charge >= 0.3 is 6.18 Å². The van der Waals surface area contributed by atoms with Gasteiger partial charge in [-0.25, -0.2) is 4.68 Å². The van der Waals surface area contributed by atoms with Crippen molar-refractivity contribution >= 4 is 0 Å². The monoisotopic (exact) mass is 270 g/mol. The molecule has 2 aromatic rings. The summed E-state index contributed by atoms with van der Waals surface area (Å²) in [6.45, 7) is 1.17. The Morgan fingerprint density at radius 1 is 1.21 bits per heavy atom. The van der Waals surface area contributed by atoms with E-state index in [-0.39, 0.29) is 5.56 Å². The highest BCUT2D eigenvalue weighted by atomic mass is 19.4. The lowest BCUT2D eigenvalue weighted by atomic mass is 10.1. The molecule has 102 valence electrons. The zero-order chi connectivity index (χ0) is 14.0. The highest BCUT2D eigenvalue weighted by molar-refractivity contribution is 5.43. The number of aliphatic hydroxyl groups excluding tert-OH is 1. The number of alkyl halides is 3. The van der Waals surface area contributed by atoms with Gasteiger partial charge in [0.1, 0.15) is 0 Å². The predicted octanol–water partition coefficient (Wildman–Crippen LogP) is 2.95. The number of aryl methyl sites for hydroxylation is 1. The molecule has 0 atom stereocenters. The highest BCUT2D eigenvalue weighted by Crippen LogP contribution is 2.34. The molecule has 0 saturated heterocycles. The minimum atomic E-state index is -4.56. The number of nitrogens with zero attached hydrogens (tertiary/aromatic N) is 2. The van der Waals surface area contributed by atoms with E-state index in [0.717, 1.165) is 16.4 Å². The third kappa shape index (κ3) is 2.49. The van der Waals surface area contributed by atoms with E-state index in [1.807, 2.05) is 6.92 Å². The van der Waals surface area contributed by atoms with E-state index in [4.69, 9.17) is 5.11 Å². The van der Waals surface area contributed by atoms with Crippen molar-refractivity contribution in [3.63, 3.8) is 0 Å². The van der Waals surface area contributed by atoms with Crippen LogP contribution in [-0.4, -0.2) is 14.9 Å². The molecule has 0 aliphatic rings. The summed E-state index contributed by atoms with van der Waals surface area (Å²) in [5.74, 6) is 0. The SMILES string of the molecule is CCc1ccccc1-n1ncc(CO)c1C(F)(F)F. The lowest BCUT2D eigenvalue weighted by molar-refractivity contribution is -0.143. The Kier molecular flexibility index (Phi) is 3.61. The van der Waals surface area contributed by atoms with Crippen molar-refractivity contribution in [2.45, 2.75) is 26.1 Å². The van der Waals surface area contributed by atoms with E-state index < -0.39 is 18.5 Å². The molecule has 0 radical (unpaired) electrons. The highest BCUT2D eigenvalue weighted by Gasteiger charge is 2.38. The van der Waals surface area contributed by atoms with Crippen LogP contribution in [0.15, 0.2) is 30.5 Å². The van der Waals surface area contributed by atoms with Crippen molar-refractivity contribution < 1.29 is 18.3 Å². The van der Waals surface area contributed by atoms with Gasteiger partial charge in [0.05, 0.1) is 18.5 Å². The Bertz CT molecular complexity index is 576. The van der Waals surface area contributed by atoms with E-state index in [1.165, 1.54) is 0 Å². The molecule has 0 fully saturated rings. The number of hydrogen-bond acceptors (Lipinski definition) is 2. The lowest BCUT2D eigenvalue weighted by Gasteiger charge is -2.14. The average molecular weight is 270 g/mol. The quantitative estimate of drug-likeness (QED) is 0.931. The summed E-state index contributed by atoms with van der Waals surface area (Å²) >= 11 is 0. The van der Waals surface area contributed by atoms with Gasteiger partial charge in [0.15, 0.2) is 5.69 Å². The van der Waals surface area contributed by atoms with E-state index >= 15 is 0 Å². The molecule has 0 aliphatic carbocycles. The van der Waals surface area contributed by atoms with Gasteiger partial charge in [-0.3, -0.25) is 0 Å². The van der Waals surface area contributed by atoms with Gasteiger partial charge in [-0.2, -0.15) is 18.3 Å². The number of hydrogen-bond donors (Lipinski definition) is 1. The summed E-state index contributed by atoms with van der Waals surface area (Å²) in [4.78, 5) is 0. The Balaban J connectivity index is 2.66. The minimum Gasteiger partial charge on any atom is -0.392 e. The van der Waals surface area contributed by atoms with Crippen molar-refractivity contribution in [3.8, 4) is 5.69 Å². The first-order valence-corrected chi connectivity index (χ1v) is 5.82. The van der Waals surface area contributed by atoms with Crippen LogP contribution in [0.2, 0.25) is 0 Å². The number of aromatic nitrogens is 2. The van der Waals surface area contributed by atoms with E-state index in [9.17, 15) is 13.2 Å². The largest absolute Gasteiger partial charge is 0.433 e. The van der Waals surface area contributed by atoms with Crippen molar-refractivity contribution in [1.82, 2.24) is 9.78 Å². The van der Waals surface area contributed by atoms with Gasteiger partial charge in [0, 0.05) is 5.56 Å². The summed E-state index contributed by atoms with van der Waals surface area (Å²) in [5, 5.41) is 12.8. The minimum absolute atomic E-state index is 0.224. The predicted molar refractivity (Wildman–Crippen MR) is 63.9 cm³/mol. The number of aliphatic hydroxyl groups is 1. The molecule has 6 heteroatoms. The molecule has 0 amide bonds. The van der Waals surface area contributed by atoms with Crippen molar-refractivity contribution in [2.24, 2.45) is 0 Å². The third-order valence-electron chi connectivity index (χ3n) is 2.88. The molecular weight excluding hydrogens is 257 g/mol. The van der Waals surface area contributed by atoms with Crippen LogP contribution in [0, 0.1) is 0 Å². The van der Waals surface area contributed by atoms with Gasteiger partial charge in [-0.1, -0.05) is 25.1 Å². The zero-order valence-corrected chi connectivity index (χ0v) is 10.3. The molecule has 0 unspecified atom stereocenters. The molecule has 2 rings (SSSR count). The smallest absolute Gasteiger partial charge is 0.392 e. The van der Waals surface area contributed by atoms with Crippen LogP contribution in [0.3, 0.4) is 0 Å². The second-order valence-electron chi connectivity index (χ2n) is 4.07. The summed E-state index contributed by atoms with van der Waals surface area (Å²) in [7, 11) is 0. The second-order valence-corrected chi connectivity index (χ2v) is 4.07. The first-order valence-electron chi connectivity index (χ1n) is 5.82. The Morgan fingerprint density at radius 2 is 1.89 bits per heavy atom. The van der Waals surface area contributed by atoms with Crippen LogP contribution in [0.4, 0.5) is 13.2 Å². The van der Waals surface area contributed by atoms with Crippen LogP contribution in [0.25, 0.3) is 5.69 Å². The van der Waals surface area contributed by atoms with Crippen LogP contribution in [-0.2, 0) is 19.2 Å². The molecule has 1 N–H and O–H groups in total. The van der Waals surface area contributed by atoms with E-state index in [1.54, 1.807) is 24.3 Å². The van der Waals surface area contributed by atoms with Crippen LogP contribution in [0.5, 0.6) is 0 Å². The molecule has 1 aromatic heterocycles. The summed E-state index contributed by atoms with van der Waals surface area (Å²) in [5.41, 5.74) is 0.00641. The van der Waals surface area contributed by atoms with Gasteiger partial charge in [0.2, 0.25) is 0 Å². The van der Waals surface area contributed by atoms with E-state index in [0.29, 0.717) is 12.1 Å². The van der Waals surface area contributed by atoms with Crippen LogP contribution < -0.4 is 0 Å². The number of rotatable bonds is 3. The van der Waals surface area contributed by atoms with Gasteiger partial charge in [-0.05, 0) is 18.1 Å². The van der Waals surface area contributed by atoms with Crippen LogP contribution in [0.1, 0.15) is 23.7 Å². The molecule has 19 heavy (non-hydrogen) atoms. The lowest BCUT2D eigenvalue weighted by Crippen LogP contribution is -2.16. The molecule has 0 bridgehead atoms. The maximum Gasteiger partial charge on any atom is 0.433 e. The number of benzene rings is 1. The second kappa shape index (κ2) is 5.05. The molecule has 0 aliphatic heterocycles. The third-order valence-corrected chi connectivity index (χ3v) is 2.88. The van der Waals surface area contributed by atoms with Crippen molar-refractivity contribution in [3.05, 3.63) is 47.3 Å². The van der Waals surface area contributed by atoms with Crippen molar-refractivity contribution in [1.29, 1.82) is 0 Å². The Morgan fingerprint density at radius 3 is 2.47 bits per heavy atom. The first kappa shape index (κ1) is 13.6. The summed E-state index contributed by atoms with van der Waals surface area (Å²) in [6, 6.07) is 6.78. The molecule has 1 heterocycles. The molecule has 1 aromatic carbocycles. The maximum absolute atomic E-state index is 13.1. The van der Waals surface area contributed by atoms with Gasteiger partial charge < -0.3 is 5.11 Å². The summed E-state index contributed by atoms with van der Waals surface area (Å²) in [6.07, 6.45) is -2.91. The van der Waals surface area contributed by atoms with Gasteiger partial charge in [0.25, 0.3) is 0 Å². The fraction of sp³-hybridized carbons (Fsp3) is 0.308. The maximum atomic E-state index is 13.1. The van der Waals surface area contributed by atoms with Gasteiger partial charge in [-0.15, -0.1) is 0 Å². The standard InChI is InChI=1S/C13H13F3N2O/c1-2-9-5-3-4-6-11(9)18-12(13(14,15)16)10(8-19)7-17-18/h3-7,19H,2,8H2,1H3. The first-order chi connectivity index (χ1) is 8.99. The molecule has 0 saturated carbocycles. The normalized spacial score (nSPS) is 11.8. The zero-order valence-electron chi connectivity index (χ0n) is 10.3. The Labute approximate surface area is 108 Å². The van der Waals surface area contributed by atoms with E-state index in [2.05, 4.69) is 5.10 Å². The fourth-order valence-corrected chi connectivity index (χ4v) is 2.00. The average Bonchev–Trinajstić information content (AvgIpc) is 2.82. The van der Waals surface area contributed by atoms with Crippen LogP contribution >= 0.6 is 0 Å². The molecular formula is C13H13F3N2O.